The van der Waals surface area contributed by atoms with E-state index in [0.717, 1.165) is 23.0 Å². The molecule has 4 nitrogen and oxygen atoms in total. The van der Waals surface area contributed by atoms with Gasteiger partial charge in [0.2, 0.25) is 5.96 Å². The van der Waals surface area contributed by atoms with Gasteiger partial charge in [-0.3, -0.25) is 0 Å². The van der Waals surface area contributed by atoms with Crippen LogP contribution in [-0.4, -0.2) is 37.0 Å². The Balaban J connectivity index is 1.43. The summed E-state index contributed by atoms with van der Waals surface area (Å²) in [6.07, 6.45) is -4.42. The second-order valence-corrected chi connectivity index (χ2v) is 8.58. The molecule has 3 aromatic carbocycles. The van der Waals surface area contributed by atoms with E-state index in [0.29, 0.717) is 49.9 Å². The highest BCUT2D eigenvalue weighted by atomic mass is 19.4. The Morgan fingerprint density at radius 3 is 2.26 bits per heavy atom. The molecule has 0 aromatic heterocycles. The Labute approximate surface area is 195 Å². The molecule has 2 aliphatic heterocycles. The number of aryl methyl sites for hydroxylation is 1. The maximum atomic E-state index is 13.7. The first kappa shape index (κ1) is 22.3. The fourth-order valence-electron chi connectivity index (χ4n) is 4.45. The van der Waals surface area contributed by atoms with E-state index in [-0.39, 0.29) is 5.82 Å². The van der Waals surface area contributed by atoms with Crippen LogP contribution in [0.2, 0.25) is 0 Å². The van der Waals surface area contributed by atoms with E-state index >= 15 is 0 Å². The van der Waals surface area contributed by atoms with E-state index < -0.39 is 11.7 Å². The summed E-state index contributed by atoms with van der Waals surface area (Å²) >= 11 is 0. The first-order chi connectivity index (χ1) is 16.3. The lowest BCUT2D eigenvalue weighted by molar-refractivity contribution is -0.137. The molecule has 2 aliphatic rings. The van der Waals surface area contributed by atoms with Crippen molar-refractivity contribution in [2.45, 2.75) is 19.6 Å². The van der Waals surface area contributed by atoms with Gasteiger partial charge in [-0.2, -0.15) is 13.2 Å². The summed E-state index contributed by atoms with van der Waals surface area (Å²) < 4.78 is 53.9. The van der Waals surface area contributed by atoms with E-state index in [9.17, 15) is 17.6 Å². The summed E-state index contributed by atoms with van der Waals surface area (Å²) in [5, 5.41) is 0. The zero-order valence-electron chi connectivity index (χ0n) is 18.7. The summed E-state index contributed by atoms with van der Waals surface area (Å²) in [4.78, 5) is 11.0. The number of hydrogen-bond donors (Lipinski definition) is 0. The third kappa shape index (κ3) is 4.32. The van der Waals surface area contributed by atoms with Crippen molar-refractivity contribution in [1.29, 1.82) is 0 Å². The molecule has 0 bridgehead atoms. The van der Waals surface area contributed by atoms with Gasteiger partial charge in [-0.15, -0.1) is 0 Å². The maximum absolute atomic E-state index is 13.7. The molecule has 0 spiro atoms. The average Bonchev–Trinajstić information content (AvgIpc) is 2.84. The van der Waals surface area contributed by atoms with Crippen LogP contribution in [0.3, 0.4) is 0 Å². The van der Waals surface area contributed by atoms with Crippen molar-refractivity contribution in [1.82, 2.24) is 4.90 Å². The Morgan fingerprint density at radius 1 is 0.794 bits per heavy atom. The standard InChI is InChI=1S/C26H24F4N4/c1-18-15-21(9-10-23(18)27)32-11-13-33(14-12-32)25-31-24-8-3-2-5-19(24)17-34(25)22-7-4-6-20(16-22)26(28,29)30/h2-10,15-16H,11-14,17H2,1H3. The molecule has 1 fully saturated rings. The minimum Gasteiger partial charge on any atom is -0.368 e. The molecule has 0 radical (unpaired) electrons. The third-order valence-electron chi connectivity index (χ3n) is 6.34. The lowest BCUT2D eigenvalue weighted by Crippen LogP contribution is -2.54. The van der Waals surface area contributed by atoms with Crippen LogP contribution in [0.25, 0.3) is 0 Å². The number of alkyl halides is 3. The molecular weight excluding hydrogens is 444 g/mol. The van der Waals surface area contributed by atoms with Gasteiger partial charge in [0.1, 0.15) is 5.82 Å². The van der Waals surface area contributed by atoms with Crippen LogP contribution in [0.15, 0.2) is 71.7 Å². The van der Waals surface area contributed by atoms with Crippen molar-refractivity contribution in [3.8, 4) is 0 Å². The Morgan fingerprint density at radius 2 is 1.53 bits per heavy atom. The quantitative estimate of drug-likeness (QED) is 0.432. The number of aliphatic imine (C=N–C) groups is 1. The van der Waals surface area contributed by atoms with E-state index in [2.05, 4.69) is 9.80 Å². The normalized spacial score (nSPS) is 16.4. The molecule has 5 rings (SSSR count). The van der Waals surface area contributed by atoms with E-state index in [1.165, 1.54) is 18.2 Å². The number of fused-ring (bicyclic) bond motifs is 1. The summed E-state index contributed by atoms with van der Waals surface area (Å²) in [5.41, 5.74) is 3.13. The molecular formula is C26H24F4N4. The number of guanidine groups is 1. The number of piperazine rings is 1. The number of rotatable bonds is 2. The van der Waals surface area contributed by atoms with Crippen LogP contribution in [0.1, 0.15) is 16.7 Å². The van der Waals surface area contributed by atoms with Crippen molar-refractivity contribution < 1.29 is 17.6 Å². The molecule has 34 heavy (non-hydrogen) atoms. The Bertz CT molecular complexity index is 1230. The fourth-order valence-corrected chi connectivity index (χ4v) is 4.45. The van der Waals surface area contributed by atoms with E-state index in [1.54, 1.807) is 19.1 Å². The van der Waals surface area contributed by atoms with Gasteiger partial charge >= 0.3 is 6.18 Å². The predicted molar refractivity (Wildman–Crippen MR) is 126 cm³/mol. The van der Waals surface area contributed by atoms with Gasteiger partial charge in [0.25, 0.3) is 0 Å². The number of benzene rings is 3. The maximum Gasteiger partial charge on any atom is 0.416 e. The first-order valence-electron chi connectivity index (χ1n) is 11.2. The average molecular weight is 468 g/mol. The van der Waals surface area contributed by atoms with E-state index in [1.807, 2.05) is 35.2 Å². The van der Waals surface area contributed by atoms with Crippen molar-refractivity contribution in [2.75, 3.05) is 36.0 Å². The SMILES string of the molecule is Cc1cc(N2CCN(C3=Nc4ccccc4CN3c3cccc(C(F)(F)F)c3)CC2)ccc1F. The zero-order chi connectivity index (χ0) is 23.9. The van der Waals surface area contributed by atoms with Crippen molar-refractivity contribution in [3.05, 3.63) is 89.2 Å². The minimum atomic E-state index is -4.42. The van der Waals surface area contributed by atoms with Crippen LogP contribution in [0.4, 0.5) is 34.6 Å². The van der Waals surface area contributed by atoms with Crippen LogP contribution in [-0.2, 0) is 12.7 Å². The predicted octanol–water partition coefficient (Wildman–Crippen LogP) is 5.98. The molecule has 2 heterocycles. The molecule has 0 atom stereocenters. The molecule has 0 saturated carbocycles. The number of nitrogens with zero attached hydrogens (tertiary/aromatic N) is 4. The van der Waals surface area contributed by atoms with E-state index in [4.69, 9.17) is 4.99 Å². The Hall–Kier alpha value is -3.55. The van der Waals surface area contributed by atoms with Gasteiger partial charge in [0.05, 0.1) is 17.8 Å². The molecule has 0 amide bonds. The second-order valence-electron chi connectivity index (χ2n) is 8.58. The van der Waals surface area contributed by atoms with Gasteiger partial charge in [-0.1, -0.05) is 24.3 Å². The molecule has 1 saturated heterocycles. The van der Waals surface area contributed by atoms with Gasteiger partial charge in [0, 0.05) is 37.6 Å². The summed E-state index contributed by atoms with van der Waals surface area (Å²) in [5.74, 6) is 0.419. The summed E-state index contributed by atoms with van der Waals surface area (Å²) in [6.45, 7) is 4.87. The molecule has 3 aromatic rings. The van der Waals surface area contributed by atoms with Crippen molar-refractivity contribution >= 4 is 23.0 Å². The smallest absolute Gasteiger partial charge is 0.368 e. The molecule has 176 valence electrons. The molecule has 0 unspecified atom stereocenters. The Kier molecular flexibility index (Phi) is 5.67. The number of para-hydroxylation sites is 1. The highest BCUT2D eigenvalue weighted by Crippen LogP contribution is 2.35. The van der Waals surface area contributed by atoms with Crippen LogP contribution < -0.4 is 9.80 Å². The fraction of sp³-hybridized carbons (Fsp3) is 0.269. The number of anilines is 2. The number of hydrogen-bond acceptors (Lipinski definition) is 4. The van der Waals surface area contributed by atoms with Crippen molar-refractivity contribution in [2.24, 2.45) is 4.99 Å². The lowest BCUT2D eigenvalue weighted by Gasteiger charge is -2.42. The lowest BCUT2D eigenvalue weighted by atomic mass is 10.1. The molecule has 0 aliphatic carbocycles. The molecule has 8 heteroatoms. The van der Waals surface area contributed by atoms with Gasteiger partial charge in [-0.25, -0.2) is 9.38 Å². The molecule has 0 N–H and O–H groups in total. The van der Waals surface area contributed by atoms with Crippen LogP contribution in [0.5, 0.6) is 0 Å². The highest BCUT2D eigenvalue weighted by Gasteiger charge is 2.33. The van der Waals surface area contributed by atoms with Crippen LogP contribution in [0, 0.1) is 12.7 Å². The van der Waals surface area contributed by atoms with Crippen LogP contribution >= 0.6 is 0 Å². The number of halogens is 4. The first-order valence-corrected chi connectivity index (χ1v) is 11.2. The monoisotopic (exact) mass is 468 g/mol. The second kappa shape index (κ2) is 8.66. The van der Waals surface area contributed by atoms with Gasteiger partial charge in [-0.05, 0) is 60.5 Å². The van der Waals surface area contributed by atoms with Gasteiger partial charge < -0.3 is 14.7 Å². The van der Waals surface area contributed by atoms with Gasteiger partial charge in [0.15, 0.2) is 0 Å². The summed E-state index contributed by atoms with van der Waals surface area (Å²) in [6, 6.07) is 18.2. The minimum absolute atomic E-state index is 0.227. The highest BCUT2D eigenvalue weighted by molar-refractivity contribution is 5.99. The summed E-state index contributed by atoms with van der Waals surface area (Å²) in [7, 11) is 0. The van der Waals surface area contributed by atoms with Crippen molar-refractivity contribution in [3.63, 3.8) is 0 Å². The largest absolute Gasteiger partial charge is 0.416 e. The zero-order valence-corrected chi connectivity index (χ0v) is 18.7. The third-order valence-corrected chi connectivity index (χ3v) is 6.34. The topological polar surface area (TPSA) is 22.1 Å².